The van der Waals surface area contributed by atoms with Gasteiger partial charge in [-0.25, -0.2) is 4.79 Å². The molecule has 3 aromatic rings. The predicted molar refractivity (Wildman–Crippen MR) is 125 cm³/mol. The monoisotopic (exact) mass is 453 g/mol. The molecule has 9 heteroatoms. The number of aromatic nitrogens is 2. The lowest BCUT2D eigenvalue weighted by atomic mass is 10.1. The highest BCUT2D eigenvalue weighted by Crippen LogP contribution is 2.31. The fraction of sp³-hybridized carbons (Fsp3) is 0.261. The molecule has 0 bridgehead atoms. The van der Waals surface area contributed by atoms with Gasteiger partial charge in [-0.1, -0.05) is 17.7 Å². The minimum Gasteiger partial charge on any atom is -0.493 e. The molecule has 0 radical (unpaired) electrons. The number of amides is 2. The van der Waals surface area contributed by atoms with E-state index in [1.54, 1.807) is 37.3 Å². The maximum absolute atomic E-state index is 12.5. The lowest BCUT2D eigenvalue weighted by Gasteiger charge is -2.35. The topological polar surface area (TPSA) is 79.8 Å². The van der Waals surface area contributed by atoms with Gasteiger partial charge >= 0.3 is 6.03 Å². The number of hydrogen-bond donors (Lipinski definition) is 1. The average Bonchev–Trinajstić information content (AvgIpc) is 2.84. The summed E-state index contributed by atoms with van der Waals surface area (Å²) in [4.78, 5) is 16.4. The van der Waals surface area contributed by atoms with E-state index in [1.165, 1.54) is 0 Å². The molecule has 1 aliphatic rings. The smallest absolute Gasteiger partial charge is 0.321 e. The van der Waals surface area contributed by atoms with Crippen LogP contribution in [0.3, 0.4) is 0 Å². The number of nitrogens with zero attached hydrogens (tertiary/aromatic N) is 4. The van der Waals surface area contributed by atoms with E-state index < -0.39 is 0 Å². The summed E-state index contributed by atoms with van der Waals surface area (Å²) in [5, 5.41) is 12.2. The maximum atomic E-state index is 12.5. The minimum atomic E-state index is -0.137. The summed E-state index contributed by atoms with van der Waals surface area (Å²) in [7, 11) is 3.21. The minimum absolute atomic E-state index is 0.137. The first-order chi connectivity index (χ1) is 15.6. The van der Waals surface area contributed by atoms with Crippen LogP contribution in [0.2, 0.25) is 5.02 Å². The number of rotatable bonds is 5. The number of piperazine rings is 1. The lowest BCUT2D eigenvalue weighted by Crippen LogP contribution is -2.50. The molecular weight excluding hydrogens is 430 g/mol. The van der Waals surface area contributed by atoms with E-state index in [0.29, 0.717) is 48.4 Å². The van der Waals surface area contributed by atoms with Crippen LogP contribution in [0, 0.1) is 0 Å². The molecule has 0 saturated carbocycles. The van der Waals surface area contributed by atoms with Crippen molar-refractivity contribution < 1.29 is 14.3 Å². The Morgan fingerprint density at radius 3 is 2.38 bits per heavy atom. The van der Waals surface area contributed by atoms with Crippen molar-refractivity contribution in [1.82, 2.24) is 15.1 Å². The number of carbonyl (C=O) groups excluding carboxylic acids is 1. The maximum Gasteiger partial charge on any atom is 0.321 e. The molecule has 0 aliphatic carbocycles. The second-order valence-electron chi connectivity index (χ2n) is 7.26. The number of methoxy groups -OCH3 is 2. The van der Waals surface area contributed by atoms with Gasteiger partial charge in [-0.2, -0.15) is 0 Å². The normalized spacial score (nSPS) is 13.6. The van der Waals surface area contributed by atoms with Gasteiger partial charge in [0.1, 0.15) is 0 Å². The molecule has 8 nitrogen and oxygen atoms in total. The number of nitrogens with one attached hydrogen (secondary N) is 1. The molecule has 1 saturated heterocycles. The number of halogens is 1. The summed E-state index contributed by atoms with van der Waals surface area (Å²) in [5.74, 6) is 2.09. The Balaban J connectivity index is 1.36. The summed E-state index contributed by atoms with van der Waals surface area (Å²) in [6, 6.07) is 16.5. The first-order valence-electron chi connectivity index (χ1n) is 10.2. The number of anilines is 2. The molecule has 2 aromatic carbocycles. The Morgan fingerprint density at radius 1 is 0.938 bits per heavy atom. The molecule has 0 atom stereocenters. The van der Waals surface area contributed by atoms with Crippen molar-refractivity contribution in [2.24, 2.45) is 0 Å². The van der Waals surface area contributed by atoms with Gasteiger partial charge in [-0.3, -0.25) is 0 Å². The van der Waals surface area contributed by atoms with Crippen molar-refractivity contribution in [3.8, 4) is 22.8 Å². The predicted octanol–water partition coefficient (Wildman–Crippen LogP) is 4.17. The number of urea groups is 1. The van der Waals surface area contributed by atoms with Crippen LogP contribution in [0.25, 0.3) is 11.3 Å². The van der Waals surface area contributed by atoms with Crippen molar-refractivity contribution in [2.75, 3.05) is 50.6 Å². The molecule has 1 fully saturated rings. The van der Waals surface area contributed by atoms with E-state index in [9.17, 15) is 4.79 Å². The third-order valence-corrected chi connectivity index (χ3v) is 5.53. The Labute approximate surface area is 191 Å². The Bertz CT molecular complexity index is 1090. The van der Waals surface area contributed by atoms with Crippen molar-refractivity contribution in [2.45, 2.75) is 0 Å². The van der Waals surface area contributed by atoms with Crippen LogP contribution in [0.1, 0.15) is 0 Å². The van der Waals surface area contributed by atoms with Crippen molar-refractivity contribution in [3.05, 3.63) is 59.6 Å². The highest BCUT2D eigenvalue weighted by atomic mass is 35.5. The molecule has 0 spiro atoms. The quantitative estimate of drug-likeness (QED) is 0.624. The van der Waals surface area contributed by atoms with Gasteiger partial charge in [-0.05, 0) is 48.5 Å². The van der Waals surface area contributed by atoms with Crippen LogP contribution in [-0.4, -0.2) is 61.5 Å². The summed E-state index contributed by atoms with van der Waals surface area (Å²) in [6.07, 6.45) is 0. The summed E-state index contributed by atoms with van der Waals surface area (Å²) < 4.78 is 10.6. The first kappa shape index (κ1) is 21.7. The highest BCUT2D eigenvalue weighted by Gasteiger charge is 2.22. The van der Waals surface area contributed by atoms with Gasteiger partial charge in [-0.15, -0.1) is 10.2 Å². The Kier molecular flexibility index (Phi) is 6.61. The van der Waals surface area contributed by atoms with E-state index in [0.717, 1.165) is 17.1 Å². The van der Waals surface area contributed by atoms with Crippen molar-refractivity contribution >= 4 is 29.1 Å². The SMILES string of the molecule is COc1ccc(-c2ccc(N3CCN(C(=O)Nc4cccc(Cl)c4)CC3)nn2)cc1OC. The van der Waals surface area contributed by atoms with Crippen LogP contribution in [0.5, 0.6) is 11.5 Å². The van der Waals surface area contributed by atoms with E-state index in [1.807, 2.05) is 36.4 Å². The van der Waals surface area contributed by atoms with Crippen molar-refractivity contribution in [1.29, 1.82) is 0 Å². The van der Waals surface area contributed by atoms with Gasteiger partial charge in [0.05, 0.1) is 19.9 Å². The van der Waals surface area contributed by atoms with E-state index in [2.05, 4.69) is 20.4 Å². The standard InChI is InChI=1S/C23H24ClN5O3/c1-31-20-8-6-16(14-21(20)32-2)19-7-9-22(27-26-19)28-10-12-29(13-11-28)23(30)25-18-5-3-4-17(24)15-18/h3-9,14-15H,10-13H2,1-2H3,(H,25,30). The molecule has 1 aromatic heterocycles. The zero-order chi connectivity index (χ0) is 22.5. The van der Waals surface area contributed by atoms with E-state index >= 15 is 0 Å². The zero-order valence-corrected chi connectivity index (χ0v) is 18.7. The molecule has 166 valence electrons. The van der Waals surface area contributed by atoms with Crippen molar-refractivity contribution in [3.63, 3.8) is 0 Å². The van der Waals surface area contributed by atoms with Gasteiger partial charge in [0.15, 0.2) is 17.3 Å². The lowest BCUT2D eigenvalue weighted by molar-refractivity contribution is 0.208. The number of ether oxygens (including phenoxy) is 2. The third kappa shape index (κ3) is 4.86. The van der Waals surface area contributed by atoms with Gasteiger partial charge in [0.2, 0.25) is 0 Å². The first-order valence-corrected chi connectivity index (χ1v) is 10.6. The Hall–Kier alpha value is -3.52. The number of benzene rings is 2. The second-order valence-corrected chi connectivity index (χ2v) is 7.70. The van der Waals surface area contributed by atoms with Gasteiger partial charge in [0, 0.05) is 42.5 Å². The fourth-order valence-corrected chi connectivity index (χ4v) is 3.74. The van der Waals surface area contributed by atoms with E-state index in [4.69, 9.17) is 21.1 Å². The van der Waals surface area contributed by atoms with Crippen LogP contribution < -0.4 is 19.7 Å². The second kappa shape index (κ2) is 9.74. The average molecular weight is 454 g/mol. The molecule has 32 heavy (non-hydrogen) atoms. The van der Waals surface area contributed by atoms with Crippen LogP contribution in [0.4, 0.5) is 16.3 Å². The summed E-state index contributed by atoms with van der Waals surface area (Å²) in [5.41, 5.74) is 2.32. The number of carbonyl (C=O) groups is 1. The fourth-order valence-electron chi connectivity index (χ4n) is 3.55. The molecular formula is C23H24ClN5O3. The van der Waals surface area contributed by atoms with Gasteiger partial charge < -0.3 is 24.6 Å². The highest BCUT2D eigenvalue weighted by molar-refractivity contribution is 6.30. The molecule has 2 amide bonds. The van der Waals surface area contributed by atoms with E-state index in [-0.39, 0.29) is 6.03 Å². The zero-order valence-electron chi connectivity index (χ0n) is 17.9. The van der Waals surface area contributed by atoms with Crippen LogP contribution in [0.15, 0.2) is 54.6 Å². The molecule has 1 aliphatic heterocycles. The molecule has 1 N–H and O–H groups in total. The summed E-state index contributed by atoms with van der Waals surface area (Å²) in [6.45, 7) is 2.53. The molecule has 4 rings (SSSR count). The Morgan fingerprint density at radius 2 is 1.72 bits per heavy atom. The largest absolute Gasteiger partial charge is 0.493 e. The molecule has 0 unspecified atom stereocenters. The summed E-state index contributed by atoms with van der Waals surface area (Å²) >= 11 is 5.98. The third-order valence-electron chi connectivity index (χ3n) is 5.30. The van der Waals surface area contributed by atoms with Crippen LogP contribution in [-0.2, 0) is 0 Å². The number of hydrogen-bond acceptors (Lipinski definition) is 6. The molecule has 2 heterocycles. The van der Waals surface area contributed by atoms with Crippen LogP contribution >= 0.6 is 11.6 Å². The van der Waals surface area contributed by atoms with Gasteiger partial charge in [0.25, 0.3) is 0 Å².